The average molecular weight is 200 g/mol. The molecule has 0 aliphatic heterocycles. The molecule has 0 fully saturated rings. The molecule has 0 saturated carbocycles. The zero-order chi connectivity index (χ0) is 9.90. The maximum atomic E-state index is 10.8. The zero-order valence-corrected chi connectivity index (χ0v) is 8.43. The third kappa shape index (κ3) is 3.42. The van der Waals surface area contributed by atoms with Crippen LogP contribution in [0.15, 0.2) is 18.3 Å². The fourth-order valence-corrected chi connectivity index (χ4v) is 1.38. The summed E-state index contributed by atoms with van der Waals surface area (Å²) in [6, 6.07) is 3.50. The Morgan fingerprint density at radius 2 is 2.15 bits per heavy atom. The molecule has 1 aromatic heterocycles. The number of sulfonamides is 1. The van der Waals surface area contributed by atoms with Crippen molar-refractivity contribution in [2.75, 3.05) is 11.0 Å². The van der Waals surface area contributed by atoms with Crippen molar-refractivity contribution in [3.63, 3.8) is 0 Å². The SMILES string of the molecule is CCc1ccc(NS(C)(=O)=O)nc1. The van der Waals surface area contributed by atoms with Gasteiger partial charge in [0.1, 0.15) is 5.82 Å². The topological polar surface area (TPSA) is 59.1 Å². The van der Waals surface area contributed by atoms with E-state index >= 15 is 0 Å². The number of rotatable bonds is 3. The summed E-state index contributed by atoms with van der Waals surface area (Å²) in [5.74, 6) is 0.361. The summed E-state index contributed by atoms with van der Waals surface area (Å²) in [5, 5.41) is 0. The van der Waals surface area contributed by atoms with Gasteiger partial charge >= 0.3 is 0 Å². The molecule has 72 valence electrons. The van der Waals surface area contributed by atoms with Gasteiger partial charge in [-0.15, -0.1) is 0 Å². The van der Waals surface area contributed by atoms with Gasteiger partial charge in [0.2, 0.25) is 10.0 Å². The number of nitrogens with one attached hydrogen (secondary N) is 1. The molecule has 0 aliphatic rings. The van der Waals surface area contributed by atoms with Crippen LogP contribution in [-0.2, 0) is 16.4 Å². The lowest BCUT2D eigenvalue weighted by molar-refractivity contribution is 0.606. The lowest BCUT2D eigenvalue weighted by atomic mass is 10.2. The Hall–Kier alpha value is -1.10. The van der Waals surface area contributed by atoms with Crippen LogP contribution in [0.2, 0.25) is 0 Å². The number of aryl methyl sites for hydroxylation is 1. The molecule has 5 heteroatoms. The molecular weight excluding hydrogens is 188 g/mol. The van der Waals surface area contributed by atoms with Crippen molar-refractivity contribution in [1.29, 1.82) is 0 Å². The lowest BCUT2D eigenvalue weighted by Gasteiger charge is -2.02. The molecule has 1 heterocycles. The summed E-state index contributed by atoms with van der Waals surface area (Å²) in [4.78, 5) is 3.94. The minimum atomic E-state index is -3.21. The van der Waals surface area contributed by atoms with E-state index in [-0.39, 0.29) is 0 Å². The van der Waals surface area contributed by atoms with Crippen LogP contribution in [-0.4, -0.2) is 19.7 Å². The number of pyridine rings is 1. The van der Waals surface area contributed by atoms with E-state index in [1.807, 2.05) is 13.0 Å². The van der Waals surface area contributed by atoms with E-state index in [9.17, 15) is 8.42 Å². The number of hydrogen-bond acceptors (Lipinski definition) is 3. The van der Waals surface area contributed by atoms with Gasteiger partial charge in [-0.25, -0.2) is 13.4 Å². The second-order valence-corrected chi connectivity index (χ2v) is 4.53. The van der Waals surface area contributed by atoms with E-state index in [0.29, 0.717) is 5.82 Å². The fraction of sp³-hybridized carbons (Fsp3) is 0.375. The summed E-state index contributed by atoms with van der Waals surface area (Å²) < 4.78 is 23.9. The Balaban J connectivity index is 2.81. The van der Waals surface area contributed by atoms with E-state index in [1.54, 1.807) is 12.3 Å². The van der Waals surface area contributed by atoms with E-state index < -0.39 is 10.0 Å². The molecular formula is C8H12N2O2S. The van der Waals surface area contributed by atoms with Crippen LogP contribution in [0.3, 0.4) is 0 Å². The van der Waals surface area contributed by atoms with Gasteiger partial charge in [-0.05, 0) is 18.1 Å². The third-order valence-electron chi connectivity index (χ3n) is 1.52. The van der Waals surface area contributed by atoms with Crippen molar-refractivity contribution in [3.8, 4) is 0 Å². The second-order valence-electron chi connectivity index (χ2n) is 2.78. The van der Waals surface area contributed by atoms with Gasteiger partial charge in [0.15, 0.2) is 0 Å². The van der Waals surface area contributed by atoms with Crippen LogP contribution in [0.4, 0.5) is 5.82 Å². The quantitative estimate of drug-likeness (QED) is 0.792. The molecule has 0 aliphatic carbocycles. The summed E-state index contributed by atoms with van der Waals surface area (Å²) in [7, 11) is -3.21. The Morgan fingerprint density at radius 3 is 2.54 bits per heavy atom. The molecule has 0 aromatic carbocycles. The van der Waals surface area contributed by atoms with Crippen molar-refractivity contribution in [1.82, 2.24) is 4.98 Å². The molecule has 0 spiro atoms. The second kappa shape index (κ2) is 3.74. The lowest BCUT2D eigenvalue weighted by Crippen LogP contribution is -2.10. The zero-order valence-electron chi connectivity index (χ0n) is 7.61. The summed E-state index contributed by atoms with van der Waals surface area (Å²) >= 11 is 0. The Morgan fingerprint density at radius 1 is 1.46 bits per heavy atom. The van der Waals surface area contributed by atoms with Gasteiger partial charge in [0.25, 0.3) is 0 Å². The van der Waals surface area contributed by atoms with Crippen molar-refractivity contribution >= 4 is 15.8 Å². The molecule has 0 bridgehead atoms. The predicted octanol–water partition coefficient (Wildman–Crippen LogP) is 1.02. The number of hydrogen-bond donors (Lipinski definition) is 1. The van der Waals surface area contributed by atoms with E-state index in [0.717, 1.165) is 18.2 Å². The van der Waals surface area contributed by atoms with Crippen LogP contribution in [0.1, 0.15) is 12.5 Å². The van der Waals surface area contributed by atoms with Crippen molar-refractivity contribution < 1.29 is 8.42 Å². The number of anilines is 1. The van der Waals surface area contributed by atoms with Gasteiger partial charge in [-0.1, -0.05) is 13.0 Å². The highest BCUT2D eigenvalue weighted by molar-refractivity contribution is 7.92. The molecule has 0 saturated heterocycles. The Bertz CT molecular complexity index is 370. The molecule has 0 atom stereocenters. The maximum Gasteiger partial charge on any atom is 0.230 e. The minimum Gasteiger partial charge on any atom is -0.268 e. The fourth-order valence-electron chi connectivity index (χ4n) is 0.884. The van der Waals surface area contributed by atoms with E-state index in [4.69, 9.17) is 0 Å². The largest absolute Gasteiger partial charge is 0.268 e. The molecule has 1 aromatic rings. The third-order valence-corrected chi connectivity index (χ3v) is 2.10. The molecule has 0 amide bonds. The molecule has 0 radical (unpaired) electrons. The van der Waals surface area contributed by atoms with Gasteiger partial charge in [0, 0.05) is 6.20 Å². The smallest absolute Gasteiger partial charge is 0.230 e. The highest BCUT2D eigenvalue weighted by Crippen LogP contribution is 2.06. The van der Waals surface area contributed by atoms with Crippen molar-refractivity contribution in [2.24, 2.45) is 0 Å². The number of nitrogens with zero attached hydrogens (tertiary/aromatic N) is 1. The Kier molecular flexibility index (Phi) is 2.87. The van der Waals surface area contributed by atoms with Crippen molar-refractivity contribution in [3.05, 3.63) is 23.9 Å². The summed E-state index contributed by atoms with van der Waals surface area (Å²) in [5.41, 5.74) is 1.08. The van der Waals surface area contributed by atoms with Crippen LogP contribution in [0.5, 0.6) is 0 Å². The normalized spacial score (nSPS) is 11.2. The number of aromatic nitrogens is 1. The molecule has 1 N–H and O–H groups in total. The minimum absolute atomic E-state index is 0.361. The van der Waals surface area contributed by atoms with Gasteiger partial charge < -0.3 is 0 Å². The highest BCUT2D eigenvalue weighted by Gasteiger charge is 2.01. The monoisotopic (exact) mass is 200 g/mol. The van der Waals surface area contributed by atoms with Crippen LogP contribution < -0.4 is 4.72 Å². The van der Waals surface area contributed by atoms with E-state index in [1.165, 1.54) is 0 Å². The highest BCUT2D eigenvalue weighted by atomic mass is 32.2. The van der Waals surface area contributed by atoms with Crippen molar-refractivity contribution in [2.45, 2.75) is 13.3 Å². The first-order valence-electron chi connectivity index (χ1n) is 3.94. The molecule has 4 nitrogen and oxygen atoms in total. The predicted molar refractivity (Wildman–Crippen MR) is 52.1 cm³/mol. The summed E-state index contributed by atoms with van der Waals surface area (Å²) in [6.45, 7) is 2.01. The van der Waals surface area contributed by atoms with Gasteiger partial charge in [0.05, 0.1) is 6.26 Å². The summed E-state index contributed by atoms with van der Waals surface area (Å²) in [6.07, 6.45) is 3.65. The van der Waals surface area contributed by atoms with Crippen LogP contribution >= 0.6 is 0 Å². The first kappa shape index (κ1) is 9.98. The maximum absolute atomic E-state index is 10.8. The standard InChI is InChI=1S/C8H12N2O2S/c1-3-7-4-5-8(9-6-7)10-13(2,11)12/h4-6H,3H2,1-2H3,(H,9,10). The van der Waals surface area contributed by atoms with E-state index in [2.05, 4.69) is 9.71 Å². The van der Waals surface area contributed by atoms with Crippen LogP contribution in [0.25, 0.3) is 0 Å². The molecule has 0 unspecified atom stereocenters. The molecule has 1 rings (SSSR count). The first-order chi connectivity index (χ1) is 6.01. The van der Waals surface area contributed by atoms with Crippen LogP contribution in [0, 0.1) is 0 Å². The van der Waals surface area contributed by atoms with Gasteiger partial charge in [-0.3, -0.25) is 4.72 Å². The average Bonchev–Trinajstić information content (AvgIpc) is 2.03. The molecule has 13 heavy (non-hydrogen) atoms. The first-order valence-corrected chi connectivity index (χ1v) is 5.83. The van der Waals surface area contributed by atoms with Gasteiger partial charge in [-0.2, -0.15) is 0 Å². The Labute approximate surface area is 78.1 Å².